The van der Waals surface area contributed by atoms with Gasteiger partial charge in [0.25, 0.3) is 0 Å². The van der Waals surface area contributed by atoms with E-state index < -0.39 is 0 Å². The van der Waals surface area contributed by atoms with Crippen LogP contribution in [0.15, 0.2) is 0 Å². The third-order valence-electron chi connectivity index (χ3n) is 5.61. The lowest BCUT2D eigenvalue weighted by Crippen LogP contribution is -2.46. The Morgan fingerprint density at radius 1 is 1.30 bits per heavy atom. The SMILES string of the molecule is CCC(CO)(CCCN(C)C1CCC(C)(C)CC1)NC. The highest BCUT2D eigenvalue weighted by Gasteiger charge is 2.29. The third-order valence-corrected chi connectivity index (χ3v) is 5.61. The van der Waals surface area contributed by atoms with Gasteiger partial charge < -0.3 is 15.3 Å². The molecule has 3 heteroatoms. The van der Waals surface area contributed by atoms with Crippen molar-refractivity contribution in [3.05, 3.63) is 0 Å². The van der Waals surface area contributed by atoms with Crippen LogP contribution in [0.2, 0.25) is 0 Å². The van der Waals surface area contributed by atoms with Crippen LogP contribution in [-0.2, 0) is 0 Å². The predicted octanol–water partition coefficient (Wildman–Crippen LogP) is 3.03. The third kappa shape index (κ3) is 5.01. The Morgan fingerprint density at radius 3 is 2.35 bits per heavy atom. The van der Waals surface area contributed by atoms with Gasteiger partial charge in [0.1, 0.15) is 0 Å². The molecular weight excluding hydrogens is 248 g/mol. The largest absolute Gasteiger partial charge is 0.394 e. The molecule has 0 radical (unpaired) electrons. The molecular formula is C17H36N2O. The molecule has 1 rings (SSSR count). The summed E-state index contributed by atoms with van der Waals surface area (Å²) in [5.74, 6) is 0. The maximum Gasteiger partial charge on any atom is 0.0613 e. The number of hydrogen-bond donors (Lipinski definition) is 2. The van der Waals surface area contributed by atoms with Crippen molar-refractivity contribution < 1.29 is 5.11 Å². The Kier molecular flexibility index (Phi) is 6.96. The minimum Gasteiger partial charge on any atom is -0.394 e. The summed E-state index contributed by atoms with van der Waals surface area (Å²) in [6.45, 7) is 8.33. The monoisotopic (exact) mass is 284 g/mol. The van der Waals surface area contributed by atoms with Gasteiger partial charge in [-0.25, -0.2) is 0 Å². The van der Waals surface area contributed by atoms with E-state index in [4.69, 9.17) is 0 Å². The standard InChI is InChI=1S/C17H36N2O/c1-6-17(14-20,18-4)10-7-13-19(5)15-8-11-16(2,3)12-9-15/h15,18,20H,6-14H2,1-5H3. The van der Waals surface area contributed by atoms with Crippen LogP contribution in [0.3, 0.4) is 0 Å². The summed E-state index contributed by atoms with van der Waals surface area (Å²) < 4.78 is 0. The van der Waals surface area contributed by atoms with Gasteiger partial charge in [0, 0.05) is 11.6 Å². The summed E-state index contributed by atoms with van der Waals surface area (Å²) in [7, 11) is 4.24. The van der Waals surface area contributed by atoms with Crippen molar-refractivity contribution in [2.45, 2.75) is 77.3 Å². The molecule has 1 saturated carbocycles. The summed E-state index contributed by atoms with van der Waals surface area (Å²) in [6.07, 6.45) is 8.59. The van der Waals surface area contributed by atoms with Crippen LogP contribution in [0, 0.1) is 5.41 Å². The van der Waals surface area contributed by atoms with E-state index in [1.807, 2.05) is 7.05 Å². The van der Waals surface area contributed by atoms with Gasteiger partial charge in [-0.05, 0) is 71.0 Å². The Balaban J connectivity index is 2.31. The summed E-state index contributed by atoms with van der Waals surface area (Å²) in [4.78, 5) is 2.54. The highest BCUT2D eigenvalue weighted by molar-refractivity contribution is 4.86. The van der Waals surface area contributed by atoms with Crippen LogP contribution in [-0.4, -0.2) is 48.8 Å². The molecule has 0 amide bonds. The van der Waals surface area contributed by atoms with Crippen LogP contribution < -0.4 is 5.32 Å². The van der Waals surface area contributed by atoms with E-state index >= 15 is 0 Å². The molecule has 120 valence electrons. The Hall–Kier alpha value is -0.120. The lowest BCUT2D eigenvalue weighted by Gasteiger charge is -2.39. The molecule has 0 heterocycles. The first kappa shape index (κ1) is 17.9. The number of nitrogens with zero attached hydrogens (tertiary/aromatic N) is 1. The average Bonchev–Trinajstić information content (AvgIpc) is 2.44. The van der Waals surface area contributed by atoms with Gasteiger partial charge in [0.15, 0.2) is 0 Å². The second kappa shape index (κ2) is 7.77. The molecule has 0 aromatic heterocycles. The van der Waals surface area contributed by atoms with E-state index in [1.54, 1.807) is 0 Å². The zero-order chi connectivity index (χ0) is 15.2. The molecule has 0 aromatic rings. The van der Waals surface area contributed by atoms with Crippen molar-refractivity contribution in [1.82, 2.24) is 10.2 Å². The van der Waals surface area contributed by atoms with Gasteiger partial charge in [-0.15, -0.1) is 0 Å². The van der Waals surface area contributed by atoms with Crippen molar-refractivity contribution in [2.75, 3.05) is 27.2 Å². The molecule has 1 aliphatic carbocycles. The maximum absolute atomic E-state index is 9.57. The van der Waals surface area contributed by atoms with Gasteiger partial charge in [-0.1, -0.05) is 20.8 Å². The number of aliphatic hydroxyl groups is 1. The highest BCUT2D eigenvalue weighted by Crippen LogP contribution is 2.36. The molecule has 0 bridgehead atoms. The van der Waals surface area contributed by atoms with Crippen LogP contribution in [0.4, 0.5) is 0 Å². The topological polar surface area (TPSA) is 35.5 Å². The smallest absolute Gasteiger partial charge is 0.0613 e. The molecule has 0 aromatic carbocycles. The predicted molar refractivity (Wildman–Crippen MR) is 87.1 cm³/mol. The second-order valence-corrected chi connectivity index (χ2v) is 7.52. The molecule has 1 aliphatic rings. The van der Waals surface area contributed by atoms with Crippen molar-refractivity contribution in [3.8, 4) is 0 Å². The minimum atomic E-state index is -0.0740. The van der Waals surface area contributed by atoms with Crippen LogP contribution in [0.1, 0.15) is 65.7 Å². The van der Waals surface area contributed by atoms with Crippen molar-refractivity contribution in [1.29, 1.82) is 0 Å². The molecule has 0 saturated heterocycles. The Morgan fingerprint density at radius 2 is 1.90 bits per heavy atom. The van der Waals surface area contributed by atoms with Gasteiger partial charge in [0.05, 0.1) is 6.61 Å². The van der Waals surface area contributed by atoms with Crippen LogP contribution >= 0.6 is 0 Å². The Bertz CT molecular complexity index is 256. The molecule has 3 nitrogen and oxygen atoms in total. The summed E-state index contributed by atoms with van der Waals surface area (Å²) in [5.41, 5.74) is 0.479. The van der Waals surface area contributed by atoms with Crippen LogP contribution in [0.5, 0.6) is 0 Å². The lowest BCUT2D eigenvalue weighted by atomic mass is 9.75. The van der Waals surface area contributed by atoms with Crippen molar-refractivity contribution in [2.24, 2.45) is 5.41 Å². The fourth-order valence-electron chi connectivity index (χ4n) is 3.42. The number of likely N-dealkylation sites (N-methyl/N-ethyl adjacent to an activating group) is 1. The highest BCUT2D eigenvalue weighted by atomic mass is 16.3. The summed E-state index contributed by atoms with van der Waals surface area (Å²) in [6, 6.07) is 0.766. The average molecular weight is 284 g/mol. The fourth-order valence-corrected chi connectivity index (χ4v) is 3.42. The lowest BCUT2D eigenvalue weighted by molar-refractivity contribution is 0.115. The second-order valence-electron chi connectivity index (χ2n) is 7.52. The van der Waals surface area contributed by atoms with E-state index in [-0.39, 0.29) is 12.1 Å². The van der Waals surface area contributed by atoms with E-state index in [1.165, 1.54) is 25.7 Å². The zero-order valence-electron chi connectivity index (χ0n) is 14.3. The normalized spacial score (nSPS) is 22.9. The van der Waals surface area contributed by atoms with Crippen molar-refractivity contribution in [3.63, 3.8) is 0 Å². The summed E-state index contributed by atoms with van der Waals surface area (Å²) in [5, 5.41) is 12.9. The maximum atomic E-state index is 9.57. The quantitative estimate of drug-likeness (QED) is 0.719. The number of nitrogens with one attached hydrogen (secondary N) is 1. The van der Waals surface area contributed by atoms with E-state index in [0.29, 0.717) is 5.41 Å². The number of aliphatic hydroxyl groups excluding tert-OH is 1. The molecule has 1 unspecified atom stereocenters. The van der Waals surface area contributed by atoms with Crippen LogP contribution in [0.25, 0.3) is 0 Å². The van der Waals surface area contributed by atoms with E-state index in [0.717, 1.165) is 31.8 Å². The van der Waals surface area contributed by atoms with Gasteiger partial charge in [-0.3, -0.25) is 0 Å². The first-order valence-electron chi connectivity index (χ1n) is 8.38. The molecule has 2 N–H and O–H groups in total. The molecule has 0 spiro atoms. The first-order chi connectivity index (χ1) is 9.38. The van der Waals surface area contributed by atoms with E-state index in [9.17, 15) is 5.11 Å². The number of hydrogen-bond acceptors (Lipinski definition) is 3. The fraction of sp³-hybridized carbons (Fsp3) is 1.00. The number of rotatable bonds is 8. The summed E-state index contributed by atoms with van der Waals surface area (Å²) >= 11 is 0. The molecule has 20 heavy (non-hydrogen) atoms. The Labute approximate surface area is 126 Å². The van der Waals surface area contributed by atoms with E-state index in [2.05, 4.69) is 38.0 Å². The van der Waals surface area contributed by atoms with Crippen molar-refractivity contribution >= 4 is 0 Å². The molecule has 1 fully saturated rings. The first-order valence-corrected chi connectivity index (χ1v) is 8.38. The van der Waals surface area contributed by atoms with Gasteiger partial charge in [0.2, 0.25) is 0 Å². The minimum absolute atomic E-state index is 0.0740. The molecule has 1 atom stereocenters. The molecule has 0 aliphatic heterocycles. The van der Waals surface area contributed by atoms with Gasteiger partial charge >= 0.3 is 0 Å². The van der Waals surface area contributed by atoms with Gasteiger partial charge in [-0.2, -0.15) is 0 Å². The zero-order valence-corrected chi connectivity index (χ0v) is 14.3.